The highest BCUT2D eigenvalue weighted by molar-refractivity contribution is 7.91. The number of hydrogen-bond donors (Lipinski definition) is 3. The highest BCUT2D eigenvalue weighted by Gasteiger charge is 2.23. The minimum atomic E-state index is -4.45. The summed E-state index contributed by atoms with van der Waals surface area (Å²) in [6.45, 7) is 0.668. The fourth-order valence-electron chi connectivity index (χ4n) is 1.32. The lowest BCUT2D eigenvalue weighted by Gasteiger charge is -2.16. The third-order valence-corrected chi connectivity index (χ3v) is 5.17. The lowest BCUT2D eigenvalue weighted by Crippen LogP contribution is -2.28. The summed E-state index contributed by atoms with van der Waals surface area (Å²) in [5.74, 6) is -0.680. The first-order valence-electron chi connectivity index (χ1n) is 5.44. The van der Waals surface area contributed by atoms with Crippen LogP contribution in [0.2, 0.25) is 0 Å². The van der Waals surface area contributed by atoms with E-state index in [1.54, 1.807) is 0 Å². The average molecular weight is 325 g/mol. The third kappa shape index (κ3) is 4.07. The van der Waals surface area contributed by atoms with Gasteiger partial charge < -0.3 is 15.6 Å². The zero-order chi connectivity index (χ0) is 15.6. The van der Waals surface area contributed by atoms with Gasteiger partial charge in [-0.15, -0.1) is 0 Å². The number of aliphatic hydroxyl groups excluding tert-OH is 1. The molecule has 1 aromatic rings. The van der Waals surface area contributed by atoms with Crippen molar-refractivity contribution in [2.24, 2.45) is 0 Å². The van der Waals surface area contributed by atoms with Gasteiger partial charge in [-0.3, -0.25) is 4.55 Å². The van der Waals surface area contributed by atoms with Gasteiger partial charge in [-0.2, -0.15) is 8.42 Å². The Morgan fingerprint density at radius 2 is 1.90 bits per heavy atom. The highest BCUT2D eigenvalue weighted by Crippen LogP contribution is 2.27. The first-order chi connectivity index (χ1) is 9.08. The maximum atomic E-state index is 11.6. The molecule has 0 bridgehead atoms. The molecule has 1 rings (SSSR count). The van der Waals surface area contributed by atoms with E-state index in [0.717, 1.165) is 12.1 Å². The first kappa shape index (κ1) is 16.7. The van der Waals surface area contributed by atoms with Crippen LogP contribution in [0, 0.1) is 0 Å². The maximum absolute atomic E-state index is 11.6. The van der Waals surface area contributed by atoms with E-state index >= 15 is 0 Å². The molecule has 0 radical (unpaired) electrons. The monoisotopic (exact) mass is 325 g/mol. The molecule has 114 valence electrons. The molecule has 0 aliphatic carbocycles. The van der Waals surface area contributed by atoms with Crippen molar-refractivity contribution in [1.29, 1.82) is 0 Å². The van der Waals surface area contributed by atoms with E-state index in [2.05, 4.69) is 0 Å². The molecule has 0 heterocycles. The van der Waals surface area contributed by atoms with E-state index in [4.69, 9.17) is 20.1 Å². The van der Waals surface area contributed by atoms with Crippen LogP contribution in [-0.2, 0) is 20.0 Å². The topological polar surface area (TPSA) is 144 Å². The van der Waals surface area contributed by atoms with E-state index < -0.39 is 42.6 Å². The van der Waals surface area contributed by atoms with Crippen LogP contribution in [0.4, 0.5) is 5.69 Å². The molecule has 0 saturated carbocycles. The molecule has 1 aromatic carbocycles. The van der Waals surface area contributed by atoms with Crippen molar-refractivity contribution in [3.05, 3.63) is 18.2 Å². The maximum Gasteiger partial charge on any atom is 0.294 e. The fourth-order valence-corrected chi connectivity index (χ4v) is 2.66. The summed E-state index contributed by atoms with van der Waals surface area (Å²) >= 11 is 0. The normalized spacial score (nSPS) is 13.9. The number of hydrogen-bond acceptors (Lipinski definition) is 7. The minimum Gasteiger partial charge on any atom is -0.473 e. The summed E-state index contributed by atoms with van der Waals surface area (Å²) in [6.07, 6.45) is 0. The molecule has 4 N–H and O–H groups in total. The highest BCUT2D eigenvalue weighted by atomic mass is 32.2. The Bertz CT molecular complexity index is 682. The summed E-state index contributed by atoms with van der Waals surface area (Å²) in [4.78, 5) is -0.464. The summed E-state index contributed by atoms with van der Waals surface area (Å²) in [6, 6.07) is 3.16. The molecule has 0 aromatic heterocycles. The molecule has 0 saturated heterocycles. The lowest BCUT2D eigenvalue weighted by molar-refractivity contribution is 0.285. The molecule has 8 nitrogen and oxygen atoms in total. The number of nitrogens with two attached hydrogens (primary N) is 1. The minimum absolute atomic E-state index is 0.0171. The van der Waals surface area contributed by atoms with E-state index in [0.29, 0.717) is 0 Å². The van der Waals surface area contributed by atoms with E-state index in [1.165, 1.54) is 13.0 Å². The predicted octanol–water partition coefficient (Wildman–Crippen LogP) is -0.353. The first-order valence-corrected chi connectivity index (χ1v) is 8.59. The molecule has 1 atom stereocenters. The van der Waals surface area contributed by atoms with Crippen LogP contribution in [-0.4, -0.2) is 44.3 Å². The molecule has 0 fully saturated rings. The summed E-state index contributed by atoms with van der Waals surface area (Å²) in [7, 11) is -8.16. The van der Waals surface area contributed by atoms with E-state index in [-0.39, 0.29) is 11.4 Å². The van der Waals surface area contributed by atoms with Crippen LogP contribution in [0.25, 0.3) is 0 Å². The van der Waals surface area contributed by atoms with Crippen molar-refractivity contribution < 1.29 is 31.2 Å². The molecule has 20 heavy (non-hydrogen) atoms. The van der Waals surface area contributed by atoms with E-state index in [9.17, 15) is 16.8 Å². The molecule has 0 amide bonds. The van der Waals surface area contributed by atoms with Crippen LogP contribution in [0.1, 0.15) is 6.92 Å². The SMILES string of the molecule is CC(Oc1cc(S(=O)(=O)O)ccc1N)S(=O)(=O)CCO. The fraction of sp³-hybridized carbons (Fsp3) is 0.400. The molecule has 1 unspecified atom stereocenters. The number of nitrogen functional groups attached to an aromatic ring is 1. The van der Waals surface area contributed by atoms with Gasteiger partial charge in [-0.05, 0) is 19.1 Å². The molecule has 0 aliphatic rings. The Labute approximate surface area is 116 Å². The molecule has 0 spiro atoms. The molecule has 0 aliphatic heterocycles. The van der Waals surface area contributed by atoms with Crippen molar-refractivity contribution in [1.82, 2.24) is 0 Å². The predicted molar refractivity (Wildman–Crippen MR) is 71.6 cm³/mol. The number of aliphatic hydroxyl groups is 1. The van der Waals surface area contributed by atoms with Crippen molar-refractivity contribution >= 4 is 25.6 Å². The van der Waals surface area contributed by atoms with Gasteiger partial charge in [-0.1, -0.05) is 0 Å². The molecular weight excluding hydrogens is 310 g/mol. The van der Waals surface area contributed by atoms with Gasteiger partial charge in [0.25, 0.3) is 10.1 Å². The van der Waals surface area contributed by atoms with Crippen molar-refractivity contribution in [3.8, 4) is 5.75 Å². The number of ether oxygens (including phenoxy) is 1. The quantitative estimate of drug-likeness (QED) is 0.475. The number of benzene rings is 1. The Morgan fingerprint density at radius 1 is 1.30 bits per heavy atom. The largest absolute Gasteiger partial charge is 0.473 e. The van der Waals surface area contributed by atoms with E-state index in [1.807, 2.05) is 0 Å². The van der Waals surface area contributed by atoms with Crippen LogP contribution in [0.3, 0.4) is 0 Å². The smallest absolute Gasteiger partial charge is 0.294 e. The van der Waals surface area contributed by atoms with Crippen molar-refractivity contribution in [3.63, 3.8) is 0 Å². The van der Waals surface area contributed by atoms with Crippen LogP contribution in [0.5, 0.6) is 5.75 Å². The number of rotatable bonds is 6. The Morgan fingerprint density at radius 3 is 2.40 bits per heavy atom. The zero-order valence-corrected chi connectivity index (χ0v) is 12.2. The Balaban J connectivity index is 3.10. The zero-order valence-electron chi connectivity index (χ0n) is 10.6. The number of anilines is 1. The van der Waals surface area contributed by atoms with Gasteiger partial charge in [0.05, 0.1) is 22.9 Å². The summed E-state index contributed by atoms with van der Waals surface area (Å²) in [5.41, 5.74) is 4.24. The third-order valence-electron chi connectivity index (χ3n) is 2.46. The van der Waals surface area contributed by atoms with Crippen LogP contribution in [0.15, 0.2) is 23.1 Å². The second-order valence-corrected chi connectivity index (χ2v) is 7.77. The molecular formula is C10H15NO7S2. The standard InChI is InChI=1S/C10H15NO7S2/c1-7(19(13,14)5-4-12)18-10-6-8(20(15,16)17)2-3-9(10)11/h2-3,6-7,12H,4-5,11H2,1H3,(H,15,16,17). The van der Waals surface area contributed by atoms with Crippen LogP contribution < -0.4 is 10.5 Å². The second-order valence-electron chi connectivity index (χ2n) is 3.95. The number of sulfone groups is 1. The second kappa shape index (κ2) is 5.95. The summed E-state index contributed by atoms with van der Waals surface area (Å²) < 4.78 is 59.3. The Kier molecular flexibility index (Phi) is 4.97. The van der Waals surface area contributed by atoms with Crippen LogP contribution >= 0.6 is 0 Å². The van der Waals surface area contributed by atoms with Crippen molar-refractivity contribution in [2.75, 3.05) is 18.1 Å². The van der Waals surface area contributed by atoms with Gasteiger partial charge in [0.2, 0.25) is 0 Å². The van der Waals surface area contributed by atoms with Crippen molar-refractivity contribution in [2.45, 2.75) is 17.3 Å². The van der Waals surface area contributed by atoms with Gasteiger partial charge >= 0.3 is 0 Å². The van der Waals surface area contributed by atoms with Gasteiger partial charge in [-0.25, -0.2) is 8.42 Å². The van der Waals surface area contributed by atoms with Gasteiger partial charge in [0, 0.05) is 6.07 Å². The molecule has 10 heteroatoms. The lowest BCUT2D eigenvalue weighted by atomic mass is 10.3. The average Bonchev–Trinajstić information content (AvgIpc) is 2.30. The summed E-state index contributed by atoms with van der Waals surface area (Å²) in [5, 5.41) is 8.65. The van der Waals surface area contributed by atoms with Gasteiger partial charge in [0.1, 0.15) is 5.75 Å². The van der Waals surface area contributed by atoms with Gasteiger partial charge in [0.15, 0.2) is 15.3 Å². The Hall–Kier alpha value is -1.36.